The minimum Gasteiger partial charge on any atom is -0.549 e. The third-order valence-electron chi connectivity index (χ3n) is 2.99. The molecule has 7 heteroatoms. The van der Waals surface area contributed by atoms with Gasteiger partial charge in [-0.3, -0.25) is 4.57 Å². The van der Waals surface area contributed by atoms with Crippen molar-refractivity contribution in [3.05, 3.63) is 36.9 Å². The number of hydrogen-bond donors (Lipinski definition) is 0. The maximum atomic E-state index is 10.9. The molecule has 1 aromatic carbocycles. The summed E-state index contributed by atoms with van der Waals surface area (Å²) >= 11 is 1.10. The normalized spacial score (nSPS) is 11.9. The molecule has 0 aliphatic heterocycles. The Hall–Kier alpha value is -2.28. The van der Waals surface area contributed by atoms with Gasteiger partial charge in [0.05, 0.1) is 13.1 Å². The van der Waals surface area contributed by atoms with Crippen molar-refractivity contribution in [2.45, 2.75) is 23.9 Å². The topological polar surface area (TPSA) is 80.1 Å². The molecule has 22 heavy (non-hydrogen) atoms. The van der Waals surface area contributed by atoms with Crippen LogP contribution in [-0.4, -0.2) is 33.1 Å². The molecule has 1 aromatic heterocycles. The number of methoxy groups -OCH3 is 1. The molecule has 0 saturated carbocycles. The van der Waals surface area contributed by atoms with Crippen LogP contribution < -0.4 is 9.84 Å². The van der Waals surface area contributed by atoms with E-state index < -0.39 is 11.2 Å². The van der Waals surface area contributed by atoms with Crippen molar-refractivity contribution < 1.29 is 14.6 Å². The van der Waals surface area contributed by atoms with Crippen molar-refractivity contribution in [1.29, 1.82) is 0 Å². The van der Waals surface area contributed by atoms with Crippen LogP contribution in [0.15, 0.2) is 42.1 Å². The van der Waals surface area contributed by atoms with Crippen LogP contribution in [0.25, 0.3) is 11.4 Å². The van der Waals surface area contributed by atoms with Gasteiger partial charge in [0.1, 0.15) is 5.75 Å². The summed E-state index contributed by atoms with van der Waals surface area (Å²) < 4.78 is 6.95. The Bertz CT molecular complexity index is 667. The Morgan fingerprint density at radius 1 is 1.45 bits per heavy atom. The molecule has 6 nitrogen and oxygen atoms in total. The van der Waals surface area contributed by atoms with E-state index in [0.717, 1.165) is 23.1 Å². The van der Waals surface area contributed by atoms with Crippen molar-refractivity contribution in [2.24, 2.45) is 0 Å². The third-order valence-corrected chi connectivity index (χ3v) is 4.05. The van der Waals surface area contributed by atoms with Crippen LogP contribution in [0.5, 0.6) is 5.75 Å². The average Bonchev–Trinajstić information content (AvgIpc) is 2.90. The number of aromatic nitrogens is 3. The number of ether oxygens (including phenoxy) is 1. The standard InChI is InChI=1S/C15H17N3O3S/c1-4-9-18-13(11-5-7-12(21-3)8-6-11)16-17-15(18)22-10(2)14(19)20/h4-8,10H,1,9H2,2-3H3,(H,19,20)/p-1/t10-/m1/s1. The number of thioether (sulfide) groups is 1. The lowest BCUT2D eigenvalue weighted by Gasteiger charge is -2.13. The minimum absolute atomic E-state index is 0.483. The molecule has 0 saturated heterocycles. The van der Waals surface area contributed by atoms with Crippen LogP contribution in [0.1, 0.15) is 6.92 Å². The summed E-state index contributed by atoms with van der Waals surface area (Å²) in [4.78, 5) is 10.9. The lowest BCUT2D eigenvalue weighted by molar-refractivity contribution is -0.304. The smallest absolute Gasteiger partial charge is 0.192 e. The number of hydrogen-bond acceptors (Lipinski definition) is 6. The van der Waals surface area contributed by atoms with E-state index in [0.29, 0.717) is 17.5 Å². The highest BCUT2D eigenvalue weighted by Crippen LogP contribution is 2.27. The monoisotopic (exact) mass is 318 g/mol. The van der Waals surface area contributed by atoms with Crippen molar-refractivity contribution in [3.8, 4) is 17.1 Å². The van der Waals surface area contributed by atoms with Crippen LogP contribution in [0.4, 0.5) is 0 Å². The van der Waals surface area contributed by atoms with Crippen LogP contribution >= 0.6 is 11.8 Å². The van der Waals surface area contributed by atoms with Gasteiger partial charge in [0.2, 0.25) is 0 Å². The SMILES string of the molecule is C=CCn1c(S[C@H](C)C(=O)[O-])nnc1-c1ccc(OC)cc1. The maximum Gasteiger partial charge on any atom is 0.192 e. The van der Waals surface area contributed by atoms with E-state index in [-0.39, 0.29) is 0 Å². The number of carbonyl (C=O) groups is 1. The summed E-state index contributed by atoms with van der Waals surface area (Å²) in [5, 5.41) is 18.9. The molecule has 0 unspecified atom stereocenters. The number of rotatable bonds is 7. The van der Waals surface area contributed by atoms with Crippen LogP contribution in [0.2, 0.25) is 0 Å². The summed E-state index contributed by atoms with van der Waals surface area (Å²) in [5.74, 6) is 0.262. The van der Waals surface area contributed by atoms with Gasteiger partial charge in [0.25, 0.3) is 0 Å². The summed E-state index contributed by atoms with van der Waals surface area (Å²) in [6.07, 6.45) is 1.71. The maximum absolute atomic E-state index is 10.9. The van der Waals surface area contributed by atoms with Gasteiger partial charge in [0.15, 0.2) is 11.0 Å². The highest BCUT2D eigenvalue weighted by molar-refractivity contribution is 8.00. The van der Waals surface area contributed by atoms with Gasteiger partial charge in [-0.1, -0.05) is 17.8 Å². The Morgan fingerprint density at radius 2 is 2.14 bits per heavy atom. The van der Waals surface area contributed by atoms with Gasteiger partial charge in [-0.05, 0) is 31.2 Å². The van der Waals surface area contributed by atoms with E-state index >= 15 is 0 Å². The number of carbonyl (C=O) groups excluding carboxylic acids is 1. The lowest BCUT2D eigenvalue weighted by atomic mass is 10.2. The zero-order valence-electron chi connectivity index (χ0n) is 12.4. The van der Waals surface area contributed by atoms with Gasteiger partial charge in [-0.15, -0.1) is 16.8 Å². The Balaban J connectivity index is 2.36. The van der Waals surface area contributed by atoms with Gasteiger partial charge >= 0.3 is 0 Å². The second-order valence-electron chi connectivity index (χ2n) is 4.51. The molecular formula is C15H16N3O3S-. The second-order valence-corrected chi connectivity index (χ2v) is 5.82. The fourth-order valence-electron chi connectivity index (χ4n) is 1.83. The fraction of sp³-hybridized carbons (Fsp3) is 0.267. The van der Waals surface area contributed by atoms with Gasteiger partial charge in [0, 0.05) is 17.4 Å². The zero-order chi connectivity index (χ0) is 16.1. The number of nitrogens with zero attached hydrogens (tertiary/aromatic N) is 3. The highest BCUT2D eigenvalue weighted by Gasteiger charge is 2.16. The second kappa shape index (κ2) is 7.13. The van der Waals surface area contributed by atoms with E-state index in [4.69, 9.17) is 4.74 Å². The first-order valence-electron chi connectivity index (χ1n) is 6.62. The molecule has 116 valence electrons. The van der Waals surface area contributed by atoms with Crippen molar-refractivity contribution >= 4 is 17.7 Å². The van der Waals surface area contributed by atoms with Crippen molar-refractivity contribution in [1.82, 2.24) is 14.8 Å². The minimum atomic E-state index is -1.14. The summed E-state index contributed by atoms with van der Waals surface area (Å²) in [6.45, 7) is 5.76. The van der Waals surface area contributed by atoms with Crippen LogP contribution in [-0.2, 0) is 11.3 Å². The van der Waals surface area contributed by atoms with E-state index in [1.807, 2.05) is 28.8 Å². The summed E-state index contributed by atoms with van der Waals surface area (Å²) in [6, 6.07) is 7.41. The molecule has 0 aliphatic carbocycles. The fourth-order valence-corrected chi connectivity index (χ4v) is 2.62. The number of carboxylic acids is 1. The van der Waals surface area contributed by atoms with E-state index in [1.54, 1.807) is 20.1 Å². The Morgan fingerprint density at radius 3 is 2.68 bits per heavy atom. The highest BCUT2D eigenvalue weighted by atomic mass is 32.2. The van der Waals surface area contributed by atoms with E-state index in [1.165, 1.54) is 0 Å². The quantitative estimate of drug-likeness (QED) is 0.566. The van der Waals surface area contributed by atoms with Crippen molar-refractivity contribution in [2.75, 3.05) is 7.11 Å². The number of benzene rings is 1. The molecule has 1 heterocycles. The molecule has 2 aromatic rings. The van der Waals surface area contributed by atoms with Gasteiger partial charge in [-0.2, -0.15) is 0 Å². The van der Waals surface area contributed by atoms with Gasteiger partial charge < -0.3 is 14.6 Å². The van der Waals surface area contributed by atoms with Crippen molar-refractivity contribution in [3.63, 3.8) is 0 Å². The zero-order valence-corrected chi connectivity index (χ0v) is 13.2. The lowest BCUT2D eigenvalue weighted by Crippen LogP contribution is -2.31. The average molecular weight is 318 g/mol. The van der Waals surface area contributed by atoms with E-state index in [9.17, 15) is 9.90 Å². The molecule has 1 atom stereocenters. The molecule has 0 radical (unpaired) electrons. The first-order chi connectivity index (χ1) is 10.6. The Kier molecular flexibility index (Phi) is 5.21. The predicted molar refractivity (Wildman–Crippen MR) is 82.5 cm³/mol. The first kappa shape index (κ1) is 16.1. The van der Waals surface area contributed by atoms with Crippen LogP contribution in [0.3, 0.4) is 0 Å². The molecule has 0 bridgehead atoms. The summed E-state index contributed by atoms with van der Waals surface area (Å²) in [7, 11) is 1.60. The first-order valence-corrected chi connectivity index (χ1v) is 7.50. The number of carboxylic acid groups (broad SMARTS) is 1. The molecule has 2 rings (SSSR count). The third kappa shape index (κ3) is 3.48. The molecular weight excluding hydrogens is 302 g/mol. The van der Waals surface area contributed by atoms with Gasteiger partial charge in [-0.25, -0.2) is 0 Å². The molecule has 0 fully saturated rings. The van der Waals surface area contributed by atoms with Crippen LogP contribution in [0, 0.1) is 0 Å². The predicted octanol–water partition coefficient (Wildman–Crippen LogP) is 1.37. The summed E-state index contributed by atoms with van der Waals surface area (Å²) in [5.41, 5.74) is 0.864. The molecule has 0 amide bonds. The Labute approximate surface area is 132 Å². The molecule has 0 aliphatic rings. The largest absolute Gasteiger partial charge is 0.549 e. The number of aliphatic carboxylic acids is 1. The van der Waals surface area contributed by atoms with E-state index in [2.05, 4.69) is 16.8 Å². The molecule has 0 N–H and O–H groups in total. The molecule has 0 spiro atoms. The number of allylic oxidation sites excluding steroid dienone is 1.